The SMILES string of the molecule is CC1(C)c2cc(N(c3ccccc3)c3ccccc3)ccc2-c2ccc(-n3c4ccccc4c4cc5c(cc43)c3c(nc(-c4ccccc4)n3-c3ccccc3)n5-c3ccccc3)cc21. The van der Waals surface area contributed by atoms with E-state index in [1.165, 1.54) is 38.5 Å². The number of hydrogen-bond acceptors (Lipinski definition) is 2. The number of para-hydroxylation sites is 5. The topological polar surface area (TPSA) is 30.9 Å². The Balaban J connectivity index is 1.04. The number of anilines is 3. The number of fused-ring (bicyclic) bond motifs is 9. The van der Waals surface area contributed by atoms with E-state index in [0.717, 1.165) is 73.1 Å². The molecule has 1 aliphatic rings. The number of nitrogens with zero attached hydrogens (tertiary/aromatic N) is 5. The van der Waals surface area contributed by atoms with Gasteiger partial charge >= 0.3 is 0 Å². The minimum Gasteiger partial charge on any atom is -0.310 e. The maximum absolute atomic E-state index is 5.53. The van der Waals surface area contributed by atoms with Gasteiger partial charge in [-0.3, -0.25) is 9.13 Å². The summed E-state index contributed by atoms with van der Waals surface area (Å²) >= 11 is 0. The summed E-state index contributed by atoms with van der Waals surface area (Å²) < 4.78 is 7.18. The van der Waals surface area contributed by atoms with Crippen molar-refractivity contribution in [2.75, 3.05) is 4.90 Å². The molecule has 3 aromatic heterocycles. The molecule has 0 N–H and O–H groups in total. The van der Waals surface area contributed by atoms with Gasteiger partial charge in [-0.2, -0.15) is 0 Å². The molecule has 0 radical (unpaired) electrons. The van der Waals surface area contributed by atoms with E-state index >= 15 is 0 Å². The van der Waals surface area contributed by atoms with Crippen molar-refractivity contribution in [1.82, 2.24) is 18.7 Å². The van der Waals surface area contributed by atoms with Gasteiger partial charge in [0.05, 0.1) is 16.6 Å². The molecular weight excluding hydrogens is 791 g/mol. The molecule has 9 aromatic carbocycles. The third-order valence-electron chi connectivity index (χ3n) is 13.6. The van der Waals surface area contributed by atoms with E-state index in [9.17, 15) is 0 Å². The average Bonchev–Trinajstić information content (AvgIpc) is 4.06. The molecule has 0 bridgehead atoms. The predicted molar refractivity (Wildman–Crippen MR) is 270 cm³/mol. The van der Waals surface area contributed by atoms with Crippen molar-refractivity contribution in [3.8, 4) is 39.6 Å². The highest BCUT2D eigenvalue weighted by Crippen LogP contribution is 2.52. The standard InChI is InChI=1S/C60H43N5/c1-60(2)52-36-45(62(41-22-10-4-11-23-41)42-24-12-5-13-25-42)32-34-47(52)48-35-33-46(37-53(48)60)63-54-31-19-18-30-49(54)50-38-56-51(39-55(50)63)57-59(64(56)43-26-14-6-15-27-43)61-58(40-20-8-3-9-21-40)65(57)44-28-16-7-17-29-44/h3-39H,1-2H3. The summed E-state index contributed by atoms with van der Waals surface area (Å²) in [6.07, 6.45) is 0. The average molecular weight is 834 g/mol. The van der Waals surface area contributed by atoms with Gasteiger partial charge in [-0.25, -0.2) is 4.98 Å². The van der Waals surface area contributed by atoms with Gasteiger partial charge in [0.25, 0.3) is 0 Å². The van der Waals surface area contributed by atoms with E-state index in [-0.39, 0.29) is 5.41 Å². The Morgan fingerprint density at radius 1 is 0.385 bits per heavy atom. The molecule has 0 saturated heterocycles. The summed E-state index contributed by atoms with van der Waals surface area (Å²) in [6.45, 7) is 4.77. The predicted octanol–water partition coefficient (Wildman–Crippen LogP) is 15.5. The van der Waals surface area contributed by atoms with Gasteiger partial charge in [0, 0.05) is 61.3 Å². The van der Waals surface area contributed by atoms with Crippen LogP contribution in [-0.2, 0) is 5.41 Å². The second kappa shape index (κ2) is 14.3. The minimum absolute atomic E-state index is 0.253. The van der Waals surface area contributed by atoms with Crippen molar-refractivity contribution in [1.29, 1.82) is 0 Å². The van der Waals surface area contributed by atoms with Gasteiger partial charge < -0.3 is 9.47 Å². The largest absolute Gasteiger partial charge is 0.310 e. The molecule has 5 heteroatoms. The molecule has 0 spiro atoms. The summed E-state index contributed by atoms with van der Waals surface area (Å²) in [5.41, 5.74) is 18.2. The summed E-state index contributed by atoms with van der Waals surface area (Å²) in [5, 5.41) is 3.56. The molecule has 0 amide bonds. The Bertz CT molecular complexity index is 3730. The molecule has 0 fully saturated rings. The summed E-state index contributed by atoms with van der Waals surface area (Å²) in [5.74, 6) is 0.910. The van der Waals surface area contributed by atoms with E-state index < -0.39 is 0 Å². The van der Waals surface area contributed by atoms with Crippen molar-refractivity contribution < 1.29 is 0 Å². The molecule has 0 aliphatic heterocycles. The lowest BCUT2D eigenvalue weighted by molar-refractivity contribution is 0.660. The van der Waals surface area contributed by atoms with Crippen LogP contribution in [0.3, 0.4) is 0 Å². The highest BCUT2D eigenvalue weighted by Gasteiger charge is 2.37. The first-order chi connectivity index (χ1) is 32.0. The van der Waals surface area contributed by atoms with Crippen molar-refractivity contribution in [3.63, 3.8) is 0 Å². The third-order valence-corrected chi connectivity index (χ3v) is 13.6. The smallest absolute Gasteiger partial charge is 0.165 e. The van der Waals surface area contributed by atoms with E-state index in [0.29, 0.717) is 0 Å². The van der Waals surface area contributed by atoms with Crippen LogP contribution >= 0.6 is 0 Å². The Labute approximate surface area is 377 Å². The van der Waals surface area contributed by atoms with E-state index in [1.54, 1.807) is 0 Å². The van der Waals surface area contributed by atoms with Crippen molar-refractivity contribution >= 4 is 60.9 Å². The lowest BCUT2D eigenvalue weighted by Crippen LogP contribution is -2.17. The fourth-order valence-electron chi connectivity index (χ4n) is 10.6. The van der Waals surface area contributed by atoms with Crippen molar-refractivity contribution in [2.24, 2.45) is 0 Å². The summed E-state index contributed by atoms with van der Waals surface area (Å²) in [6, 6.07) is 81.1. The second-order valence-electron chi connectivity index (χ2n) is 17.6. The molecule has 12 aromatic rings. The van der Waals surface area contributed by atoms with Crippen LogP contribution in [0.4, 0.5) is 17.1 Å². The lowest BCUT2D eigenvalue weighted by Gasteiger charge is -2.28. The van der Waals surface area contributed by atoms with E-state index in [2.05, 4.69) is 257 Å². The molecule has 5 nitrogen and oxygen atoms in total. The number of benzene rings is 9. The van der Waals surface area contributed by atoms with Crippen LogP contribution in [0.25, 0.3) is 83.4 Å². The number of rotatable bonds is 7. The molecule has 0 saturated carbocycles. The molecule has 0 unspecified atom stereocenters. The van der Waals surface area contributed by atoms with Crippen molar-refractivity contribution in [2.45, 2.75) is 19.3 Å². The molecule has 13 rings (SSSR count). The number of hydrogen-bond donors (Lipinski definition) is 0. The van der Waals surface area contributed by atoms with Crippen LogP contribution in [0.1, 0.15) is 25.0 Å². The zero-order valence-electron chi connectivity index (χ0n) is 36.1. The first-order valence-electron chi connectivity index (χ1n) is 22.4. The second-order valence-corrected chi connectivity index (χ2v) is 17.6. The van der Waals surface area contributed by atoms with Gasteiger partial charge in [0.15, 0.2) is 5.65 Å². The lowest BCUT2D eigenvalue weighted by atomic mass is 9.82. The summed E-state index contributed by atoms with van der Waals surface area (Å²) in [7, 11) is 0. The fraction of sp³-hybridized carbons (Fsp3) is 0.0500. The molecule has 0 atom stereocenters. The first kappa shape index (κ1) is 37.2. The van der Waals surface area contributed by atoms with Crippen LogP contribution in [0, 0.1) is 0 Å². The molecule has 308 valence electrons. The van der Waals surface area contributed by atoms with Gasteiger partial charge in [-0.1, -0.05) is 147 Å². The Morgan fingerprint density at radius 3 is 1.57 bits per heavy atom. The minimum atomic E-state index is -0.253. The van der Waals surface area contributed by atoms with Gasteiger partial charge in [0.1, 0.15) is 11.3 Å². The number of imidazole rings is 1. The zero-order valence-corrected chi connectivity index (χ0v) is 36.1. The molecule has 1 aliphatic carbocycles. The zero-order chi connectivity index (χ0) is 43.2. The quantitative estimate of drug-likeness (QED) is 0.160. The van der Waals surface area contributed by atoms with Crippen LogP contribution in [0.5, 0.6) is 0 Å². The van der Waals surface area contributed by atoms with E-state index in [1.807, 2.05) is 0 Å². The molecular formula is C60H43N5. The van der Waals surface area contributed by atoms with Crippen molar-refractivity contribution in [3.05, 3.63) is 236 Å². The number of aromatic nitrogens is 4. The summed E-state index contributed by atoms with van der Waals surface area (Å²) in [4.78, 5) is 7.89. The maximum Gasteiger partial charge on any atom is 0.165 e. The Morgan fingerprint density at radius 2 is 0.908 bits per heavy atom. The van der Waals surface area contributed by atoms with Crippen LogP contribution < -0.4 is 4.90 Å². The van der Waals surface area contributed by atoms with Gasteiger partial charge in [0.2, 0.25) is 0 Å². The molecule has 65 heavy (non-hydrogen) atoms. The first-order valence-corrected chi connectivity index (χ1v) is 22.4. The van der Waals surface area contributed by atoms with Gasteiger partial charge in [-0.15, -0.1) is 0 Å². The Kier molecular flexibility index (Phi) is 8.18. The normalized spacial score (nSPS) is 12.9. The maximum atomic E-state index is 5.53. The van der Waals surface area contributed by atoms with Crippen LogP contribution in [-0.4, -0.2) is 18.7 Å². The fourth-order valence-corrected chi connectivity index (χ4v) is 10.6. The monoisotopic (exact) mass is 833 g/mol. The van der Waals surface area contributed by atoms with Gasteiger partial charge in [-0.05, 0) is 113 Å². The highest BCUT2D eigenvalue weighted by molar-refractivity contribution is 6.18. The van der Waals surface area contributed by atoms with Crippen LogP contribution in [0.15, 0.2) is 224 Å². The van der Waals surface area contributed by atoms with Crippen LogP contribution in [0.2, 0.25) is 0 Å². The Hall–Kier alpha value is -8.41. The third kappa shape index (κ3) is 5.62. The highest BCUT2D eigenvalue weighted by atomic mass is 15.2. The van der Waals surface area contributed by atoms with E-state index in [4.69, 9.17) is 4.98 Å². The molecule has 3 heterocycles.